The number of aromatic nitrogens is 2. The molecule has 5 nitrogen and oxygen atoms in total. The van der Waals surface area contributed by atoms with Gasteiger partial charge in [0.05, 0.1) is 0 Å². The Hall–Kier alpha value is -3.28. The van der Waals surface area contributed by atoms with E-state index in [1.807, 2.05) is 18.2 Å². The molecule has 0 aliphatic carbocycles. The van der Waals surface area contributed by atoms with Crippen LogP contribution in [0.1, 0.15) is 16.3 Å². The van der Waals surface area contributed by atoms with E-state index in [1.54, 1.807) is 37.3 Å². The highest BCUT2D eigenvalue weighted by atomic mass is 19.1. The number of rotatable bonds is 4. The normalized spacial score (nSPS) is 10.2. The van der Waals surface area contributed by atoms with E-state index in [1.165, 1.54) is 12.1 Å². The largest absolute Gasteiger partial charge is 0.340 e. The third-order valence-corrected chi connectivity index (χ3v) is 3.22. The van der Waals surface area contributed by atoms with Crippen molar-refractivity contribution in [1.82, 2.24) is 9.97 Å². The highest BCUT2D eigenvalue weighted by molar-refractivity contribution is 6.03. The van der Waals surface area contributed by atoms with Gasteiger partial charge in [0.15, 0.2) is 0 Å². The number of hydrogen-bond donors (Lipinski definition) is 2. The maximum Gasteiger partial charge on any atom is 0.274 e. The second kappa shape index (κ2) is 6.87. The third kappa shape index (κ3) is 3.92. The van der Waals surface area contributed by atoms with Gasteiger partial charge in [-0.1, -0.05) is 18.2 Å². The number of halogens is 1. The van der Waals surface area contributed by atoms with Crippen LogP contribution in [0.25, 0.3) is 0 Å². The fraction of sp³-hybridized carbons (Fsp3) is 0.0556. The Kier molecular flexibility index (Phi) is 4.47. The van der Waals surface area contributed by atoms with Gasteiger partial charge in [-0.3, -0.25) is 4.79 Å². The third-order valence-electron chi connectivity index (χ3n) is 3.22. The molecule has 0 aliphatic rings. The molecule has 0 radical (unpaired) electrons. The molecule has 0 bridgehead atoms. The molecule has 2 aromatic carbocycles. The van der Waals surface area contributed by atoms with Crippen molar-refractivity contribution in [3.63, 3.8) is 0 Å². The van der Waals surface area contributed by atoms with Crippen LogP contribution in [0.4, 0.5) is 21.6 Å². The number of carbonyl (C=O) groups is 1. The Bertz CT molecular complexity index is 851. The Morgan fingerprint density at radius 1 is 0.958 bits per heavy atom. The fourth-order valence-corrected chi connectivity index (χ4v) is 2.15. The highest BCUT2D eigenvalue weighted by Gasteiger charge is 2.11. The summed E-state index contributed by atoms with van der Waals surface area (Å²) in [6.07, 6.45) is 0. The average Bonchev–Trinajstić information content (AvgIpc) is 2.57. The van der Waals surface area contributed by atoms with Crippen LogP contribution < -0.4 is 10.6 Å². The van der Waals surface area contributed by atoms with Crippen molar-refractivity contribution in [2.45, 2.75) is 6.92 Å². The van der Waals surface area contributed by atoms with Crippen molar-refractivity contribution in [2.75, 3.05) is 10.6 Å². The van der Waals surface area contributed by atoms with Crippen LogP contribution in [0.3, 0.4) is 0 Å². The Morgan fingerprint density at radius 3 is 2.38 bits per heavy atom. The molecule has 0 spiro atoms. The van der Waals surface area contributed by atoms with Gasteiger partial charge in [-0.2, -0.15) is 0 Å². The summed E-state index contributed by atoms with van der Waals surface area (Å²) in [4.78, 5) is 20.7. The van der Waals surface area contributed by atoms with Gasteiger partial charge in [0, 0.05) is 17.4 Å². The van der Waals surface area contributed by atoms with Crippen LogP contribution in [0.2, 0.25) is 0 Å². The molecule has 2 N–H and O–H groups in total. The molecule has 6 heteroatoms. The molecule has 0 unspecified atom stereocenters. The van der Waals surface area contributed by atoms with Crippen LogP contribution in [-0.4, -0.2) is 15.9 Å². The summed E-state index contributed by atoms with van der Waals surface area (Å²) in [5.74, 6) is 0.281. The van der Waals surface area contributed by atoms with E-state index >= 15 is 0 Å². The maximum absolute atomic E-state index is 13.0. The minimum absolute atomic E-state index is 0.246. The minimum atomic E-state index is -0.325. The van der Waals surface area contributed by atoms with Gasteiger partial charge in [0.1, 0.15) is 23.2 Å². The van der Waals surface area contributed by atoms with E-state index in [-0.39, 0.29) is 17.4 Å². The van der Waals surface area contributed by atoms with Crippen LogP contribution in [0.5, 0.6) is 0 Å². The number of anilines is 3. The molecule has 0 aliphatic heterocycles. The summed E-state index contributed by atoms with van der Waals surface area (Å²) in [5, 5.41) is 5.81. The van der Waals surface area contributed by atoms with E-state index in [0.717, 1.165) is 0 Å². The lowest BCUT2D eigenvalue weighted by Gasteiger charge is -2.09. The number of benzene rings is 2. The number of nitrogens with zero attached hydrogens (tertiary/aromatic N) is 2. The quantitative estimate of drug-likeness (QED) is 0.764. The molecule has 120 valence electrons. The number of amides is 1. The van der Waals surface area contributed by atoms with Gasteiger partial charge in [0.2, 0.25) is 0 Å². The van der Waals surface area contributed by atoms with Crippen LogP contribution in [0.15, 0.2) is 60.7 Å². The predicted octanol–water partition coefficient (Wildman–Crippen LogP) is 3.92. The van der Waals surface area contributed by atoms with Crippen LogP contribution >= 0.6 is 0 Å². The molecular formula is C18H15FN4O. The lowest BCUT2D eigenvalue weighted by molar-refractivity contribution is 0.102. The number of carbonyl (C=O) groups excluding carboxylic acids is 1. The van der Waals surface area contributed by atoms with Gasteiger partial charge in [-0.05, 0) is 43.3 Å². The van der Waals surface area contributed by atoms with Gasteiger partial charge < -0.3 is 10.6 Å². The number of nitrogens with one attached hydrogen (secondary N) is 2. The number of para-hydroxylation sites is 1. The minimum Gasteiger partial charge on any atom is -0.340 e. The average molecular weight is 322 g/mol. The number of aryl methyl sites for hydroxylation is 1. The standard InChI is InChI=1S/C18H15FN4O/c1-12-20-16(18(24)23-14-5-3-2-4-6-14)11-17(21-12)22-15-9-7-13(19)8-10-15/h2-11H,1H3,(H,23,24)(H,20,21,22). The van der Waals surface area contributed by atoms with E-state index < -0.39 is 0 Å². The van der Waals surface area contributed by atoms with E-state index in [0.29, 0.717) is 23.0 Å². The summed E-state index contributed by atoms with van der Waals surface area (Å²) in [6.45, 7) is 1.70. The summed E-state index contributed by atoms with van der Waals surface area (Å²) >= 11 is 0. The summed E-state index contributed by atoms with van der Waals surface area (Å²) in [7, 11) is 0. The van der Waals surface area contributed by atoms with Gasteiger partial charge >= 0.3 is 0 Å². The highest BCUT2D eigenvalue weighted by Crippen LogP contribution is 2.17. The summed E-state index contributed by atoms with van der Waals surface area (Å²) in [6, 6.07) is 16.6. The summed E-state index contributed by atoms with van der Waals surface area (Å²) < 4.78 is 13.0. The zero-order valence-corrected chi connectivity index (χ0v) is 13.0. The van der Waals surface area contributed by atoms with Crippen molar-refractivity contribution in [3.05, 3.63) is 78.0 Å². The molecule has 24 heavy (non-hydrogen) atoms. The van der Waals surface area contributed by atoms with Gasteiger partial charge in [-0.15, -0.1) is 0 Å². The molecule has 0 fully saturated rings. The lowest BCUT2D eigenvalue weighted by Crippen LogP contribution is -2.15. The van der Waals surface area contributed by atoms with Gasteiger partial charge in [-0.25, -0.2) is 14.4 Å². The molecule has 3 aromatic rings. The van der Waals surface area contributed by atoms with E-state index in [9.17, 15) is 9.18 Å². The predicted molar refractivity (Wildman–Crippen MR) is 90.8 cm³/mol. The van der Waals surface area contributed by atoms with E-state index in [2.05, 4.69) is 20.6 Å². The van der Waals surface area contributed by atoms with Crippen molar-refractivity contribution in [3.8, 4) is 0 Å². The molecular weight excluding hydrogens is 307 g/mol. The topological polar surface area (TPSA) is 66.9 Å². The molecule has 1 aromatic heterocycles. The fourth-order valence-electron chi connectivity index (χ4n) is 2.15. The first-order valence-electron chi connectivity index (χ1n) is 7.35. The smallest absolute Gasteiger partial charge is 0.274 e. The molecule has 1 amide bonds. The van der Waals surface area contributed by atoms with Crippen molar-refractivity contribution < 1.29 is 9.18 Å². The molecule has 1 heterocycles. The van der Waals surface area contributed by atoms with Crippen molar-refractivity contribution in [1.29, 1.82) is 0 Å². The second-order valence-corrected chi connectivity index (χ2v) is 5.14. The summed E-state index contributed by atoms with van der Waals surface area (Å²) in [5.41, 5.74) is 1.60. The zero-order valence-electron chi connectivity index (χ0n) is 13.0. The van der Waals surface area contributed by atoms with Crippen molar-refractivity contribution >= 4 is 23.1 Å². The monoisotopic (exact) mass is 322 g/mol. The molecule has 0 atom stereocenters. The SMILES string of the molecule is Cc1nc(Nc2ccc(F)cc2)cc(C(=O)Nc2ccccc2)n1. The first kappa shape index (κ1) is 15.6. The molecule has 3 rings (SSSR count). The number of hydrogen-bond acceptors (Lipinski definition) is 4. The maximum atomic E-state index is 13.0. The van der Waals surface area contributed by atoms with Gasteiger partial charge in [0.25, 0.3) is 5.91 Å². The second-order valence-electron chi connectivity index (χ2n) is 5.14. The first-order valence-corrected chi connectivity index (χ1v) is 7.35. The molecule has 0 saturated heterocycles. The van der Waals surface area contributed by atoms with Crippen molar-refractivity contribution in [2.24, 2.45) is 0 Å². The lowest BCUT2D eigenvalue weighted by atomic mass is 10.3. The molecule has 0 saturated carbocycles. The Labute approximate surface area is 138 Å². The Balaban J connectivity index is 1.80. The first-order chi connectivity index (χ1) is 11.6. The zero-order chi connectivity index (χ0) is 16.9. The van der Waals surface area contributed by atoms with Crippen LogP contribution in [0, 0.1) is 12.7 Å². The van der Waals surface area contributed by atoms with E-state index in [4.69, 9.17) is 0 Å². The Morgan fingerprint density at radius 2 is 1.67 bits per heavy atom. The van der Waals surface area contributed by atoms with Crippen LogP contribution in [-0.2, 0) is 0 Å².